The third-order valence-electron chi connectivity index (χ3n) is 4.91. The van der Waals surface area contributed by atoms with Crippen LogP contribution < -0.4 is 0 Å². The van der Waals surface area contributed by atoms with Gasteiger partial charge in [-0.1, -0.05) is 53.9 Å². The molecule has 0 saturated heterocycles. The van der Waals surface area contributed by atoms with Gasteiger partial charge in [0.2, 0.25) is 17.2 Å². The Balaban J connectivity index is 2.10. The Kier molecular flexibility index (Phi) is 5.41. The highest BCUT2D eigenvalue weighted by Gasteiger charge is 2.28. The van der Waals surface area contributed by atoms with Gasteiger partial charge in [-0.05, 0) is 30.1 Å². The second-order valence-corrected chi connectivity index (χ2v) is 6.78. The van der Waals surface area contributed by atoms with Gasteiger partial charge in [-0.2, -0.15) is 0 Å². The molecule has 0 unspecified atom stereocenters. The van der Waals surface area contributed by atoms with Gasteiger partial charge in [0.15, 0.2) is 11.5 Å². The zero-order valence-corrected chi connectivity index (χ0v) is 16.0. The molecule has 6 nitrogen and oxygen atoms in total. The largest absolute Gasteiger partial charge is 0.504 e. The number of phenols is 5. The van der Waals surface area contributed by atoms with Crippen molar-refractivity contribution in [3.63, 3.8) is 0 Å². The van der Waals surface area contributed by atoms with Gasteiger partial charge in [0.05, 0.1) is 17.8 Å². The van der Waals surface area contributed by atoms with Crippen LogP contribution in [0.3, 0.4) is 0 Å². The molecule has 1 aliphatic rings. The minimum atomic E-state index is -1.06. The number of nitrogens with zero attached hydrogens (tertiary/aromatic N) is 1. The Labute approximate surface area is 167 Å². The lowest BCUT2D eigenvalue weighted by molar-refractivity contribution is 0.124. The molecule has 1 atom stereocenters. The summed E-state index contributed by atoms with van der Waals surface area (Å²) in [4.78, 5) is 0. The van der Waals surface area contributed by atoms with Gasteiger partial charge < -0.3 is 25.5 Å². The highest BCUT2D eigenvalue weighted by Crippen LogP contribution is 2.53. The smallest absolute Gasteiger partial charge is 0.208 e. The van der Waals surface area contributed by atoms with Crippen molar-refractivity contribution in [3.05, 3.63) is 65.3 Å². The number of aromatic hydroxyl groups is 5. The van der Waals surface area contributed by atoms with Crippen LogP contribution in [0, 0.1) is 0 Å². The third kappa shape index (κ3) is 3.47. The first kappa shape index (κ1) is 20.1. The summed E-state index contributed by atoms with van der Waals surface area (Å²) in [5, 5.41) is 49.6. The first-order valence-corrected chi connectivity index (χ1v) is 9.03. The molecule has 5 N–H and O–H groups in total. The van der Waals surface area contributed by atoms with Crippen molar-refractivity contribution in [2.24, 2.45) is 0 Å². The van der Waals surface area contributed by atoms with Crippen LogP contribution in [0.1, 0.15) is 36.5 Å². The van der Waals surface area contributed by atoms with Crippen LogP contribution in [0.25, 0.3) is 11.3 Å². The summed E-state index contributed by atoms with van der Waals surface area (Å²) in [6, 6.07) is 7.41. The van der Waals surface area contributed by atoms with Crippen molar-refractivity contribution in [1.29, 1.82) is 0 Å². The van der Waals surface area contributed by atoms with E-state index in [4.69, 9.17) is 0 Å². The number of hydrogen-bond donors (Lipinski definition) is 5. The van der Waals surface area contributed by atoms with E-state index in [9.17, 15) is 25.5 Å². The average Bonchev–Trinajstić information content (AvgIpc) is 2.71. The second kappa shape index (κ2) is 7.79. The summed E-state index contributed by atoms with van der Waals surface area (Å²) < 4.78 is 15.0. The number of allylic oxidation sites excluding steroid dienone is 4. The highest BCUT2D eigenvalue weighted by molar-refractivity contribution is 5.87. The lowest BCUT2D eigenvalue weighted by atomic mass is 9.91. The zero-order chi connectivity index (χ0) is 21.3. The van der Waals surface area contributed by atoms with Crippen LogP contribution >= 0.6 is 0 Å². The van der Waals surface area contributed by atoms with Crippen molar-refractivity contribution >= 4 is 11.3 Å². The lowest BCUT2D eigenvalue weighted by Crippen LogP contribution is -2.19. The molecule has 0 fully saturated rings. The van der Waals surface area contributed by atoms with Crippen LogP contribution in [0.15, 0.2) is 48.6 Å². The molecule has 0 aliphatic carbocycles. The van der Waals surface area contributed by atoms with Crippen LogP contribution in [0.5, 0.6) is 28.7 Å². The van der Waals surface area contributed by atoms with E-state index in [0.717, 1.165) is 5.56 Å². The topological polar surface area (TPSA) is 104 Å². The van der Waals surface area contributed by atoms with E-state index in [1.165, 1.54) is 12.2 Å². The van der Waals surface area contributed by atoms with E-state index in [2.05, 4.69) is 0 Å². The van der Waals surface area contributed by atoms with Gasteiger partial charge in [-0.25, -0.2) is 5.12 Å². The van der Waals surface area contributed by atoms with Gasteiger partial charge >= 0.3 is 0 Å². The van der Waals surface area contributed by atoms with E-state index in [-0.39, 0.29) is 23.6 Å². The summed E-state index contributed by atoms with van der Waals surface area (Å²) >= 11 is 0. The van der Waals surface area contributed by atoms with E-state index in [1.807, 2.05) is 44.2 Å². The summed E-state index contributed by atoms with van der Waals surface area (Å²) in [7, 11) is 0. The summed E-state index contributed by atoms with van der Waals surface area (Å²) in [6.45, 7) is 3.56. The summed E-state index contributed by atoms with van der Waals surface area (Å²) in [5.74, 6) is -4.69. The molecular formula is C22H22FNO5. The molecular weight excluding hydrogens is 377 g/mol. The summed E-state index contributed by atoms with van der Waals surface area (Å²) in [5.41, 5.74) is 1.68. The molecule has 3 rings (SSSR count). The maximum atomic E-state index is 15.0. The van der Waals surface area contributed by atoms with E-state index < -0.39 is 28.7 Å². The predicted octanol–water partition coefficient (Wildman–Crippen LogP) is 4.52. The Hall–Kier alpha value is -3.61. The van der Waals surface area contributed by atoms with Crippen molar-refractivity contribution in [1.82, 2.24) is 5.12 Å². The molecule has 2 aromatic carbocycles. The van der Waals surface area contributed by atoms with Crippen LogP contribution in [0.2, 0.25) is 0 Å². The van der Waals surface area contributed by atoms with Gasteiger partial charge in [0.25, 0.3) is 0 Å². The number of halogens is 1. The first-order valence-electron chi connectivity index (χ1n) is 9.03. The Morgan fingerprint density at radius 1 is 0.931 bits per heavy atom. The fraction of sp³-hybridized carbons (Fsp3) is 0.182. The normalized spacial score (nSPS) is 15.3. The van der Waals surface area contributed by atoms with E-state index in [1.54, 1.807) is 6.07 Å². The lowest BCUT2D eigenvalue weighted by Gasteiger charge is -2.26. The highest BCUT2D eigenvalue weighted by atomic mass is 19.2. The van der Waals surface area contributed by atoms with Crippen LogP contribution in [-0.2, 0) is 0 Å². The van der Waals surface area contributed by atoms with E-state index in [0.29, 0.717) is 16.4 Å². The van der Waals surface area contributed by atoms with Gasteiger partial charge in [0, 0.05) is 5.56 Å². The molecule has 0 spiro atoms. The van der Waals surface area contributed by atoms with Crippen LogP contribution in [-0.4, -0.2) is 37.2 Å². The number of phenolic OH excluding ortho intramolecular Hbond substituents is 5. The maximum Gasteiger partial charge on any atom is 0.208 e. The minimum absolute atomic E-state index is 0.0648. The summed E-state index contributed by atoms with van der Waals surface area (Å²) in [6.07, 6.45) is 6.90. The van der Waals surface area contributed by atoms with Gasteiger partial charge in [0.1, 0.15) is 0 Å². The number of rotatable bonds is 4. The van der Waals surface area contributed by atoms with Crippen molar-refractivity contribution in [2.75, 3.05) is 6.54 Å². The van der Waals surface area contributed by atoms with Gasteiger partial charge in [-0.3, -0.25) is 0 Å². The van der Waals surface area contributed by atoms with Gasteiger partial charge in [-0.15, -0.1) is 0 Å². The molecule has 7 heteroatoms. The molecule has 29 heavy (non-hydrogen) atoms. The molecule has 0 saturated carbocycles. The predicted molar refractivity (Wildman–Crippen MR) is 108 cm³/mol. The fourth-order valence-corrected chi connectivity index (χ4v) is 3.44. The number of hydrogen-bond acceptors (Lipinski definition) is 6. The molecule has 152 valence electrons. The third-order valence-corrected chi connectivity index (χ3v) is 4.91. The molecule has 0 amide bonds. The molecule has 0 aromatic heterocycles. The Morgan fingerprint density at radius 3 is 2.10 bits per heavy atom. The molecule has 0 bridgehead atoms. The molecule has 1 aliphatic heterocycles. The molecule has 1 heterocycles. The second-order valence-electron chi connectivity index (χ2n) is 6.78. The van der Waals surface area contributed by atoms with Crippen molar-refractivity contribution < 1.29 is 30.0 Å². The zero-order valence-electron chi connectivity index (χ0n) is 16.0. The monoisotopic (exact) mass is 399 g/mol. The van der Waals surface area contributed by atoms with Crippen molar-refractivity contribution in [2.45, 2.75) is 19.8 Å². The Morgan fingerprint density at radius 2 is 1.52 bits per heavy atom. The molecule has 2 aromatic rings. The average molecular weight is 399 g/mol. The fourth-order valence-electron chi connectivity index (χ4n) is 3.44. The SMILES string of the molecule is CC=C[C@@H](C)c1ccccc1C1=CC=C(c2c(O)c(O)c(O)c(O)c2O)CN1F. The van der Waals surface area contributed by atoms with Crippen LogP contribution in [0.4, 0.5) is 4.48 Å². The maximum absolute atomic E-state index is 15.0. The molecule has 0 radical (unpaired) electrons. The number of benzene rings is 2. The van der Waals surface area contributed by atoms with Crippen molar-refractivity contribution in [3.8, 4) is 28.7 Å². The van der Waals surface area contributed by atoms with E-state index >= 15 is 4.48 Å². The Bertz CT molecular complexity index is 1010. The first-order chi connectivity index (χ1) is 13.8. The quantitative estimate of drug-likeness (QED) is 0.224. The minimum Gasteiger partial charge on any atom is -0.504 e. The standard InChI is InChI=1S/C22H22FNO5/c1-3-6-12(2)14-7-4-5-8-15(14)16-10-9-13(11-24(16)23)17-18(25)20(27)22(29)21(28)19(17)26/h3-10,12,25-29H,11H2,1-2H3/t12-/m1/s1.